The molecule has 0 saturated carbocycles. The lowest BCUT2D eigenvalue weighted by Crippen LogP contribution is -2.27. The second-order valence-corrected chi connectivity index (χ2v) is 9.81. The first-order valence-corrected chi connectivity index (χ1v) is 11.6. The number of nitrogens with zero attached hydrogens (tertiary/aromatic N) is 3. The molecule has 1 fully saturated rings. The van der Waals surface area contributed by atoms with E-state index in [1.165, 1.54) is 6.07 Å². The third kappa shape index (κ3) is 4.35. The second kappa shape index (κ2) is 8.23. The fourth-order valence-corrected chi connectivity index (χ4v) is 5.36. The molecule has 3 aromatic rings. The van der Waals surface area contributed by atoms with Crippen LogP contribution in [0.2, 0.25) is 5.02 Å². The Kier molecular flexibility index (Phi) is 5.68. The van der Waals surface area contributed by atoms with Crippen molar-refractivity contribution in [3.8, 4) is 11.4 Å². The van der Waals surface area contributed by atoms with Gasteiger partial charge in [-0.1, -0.05) is 35.0 Å². The van der Waals surface area contributed by atoms with Crippen molar-refractivity contribution in [2.24, 2.45) is 0 Å². The Morgan fingerprint density at radius 2 is 2.03 bits per heavy atom. The monoisotopic (exact) mass is 452 g/mol. The number of nitrogens with one attached hydrogen (secondary N) is 1. The molecule has 0 radical (unpaired) electrons. The number of thiophene rings is 1. The van der Waals surface area contributed by atoms with Crippen molar-refractivity contribution in [3.63, 3.8) is 0 Å². The summed E-state index contributed by atoms with van der Waals surface area (Å²) >= 11 is 7.10. The first kappa shape index (κ1) is 20.0. The van der Waals surface area contributed by atoms with Crippen molar-refractivity contribution >= 4 is 38.9 Å². The molecule has 29 heavy (non-hydrogen) atoms. The van der Waals surface area contributed by atoms with Crippen molar-refractivity contribution in [1.29, 1.82) is 0 Å². The third-order valence-electron chi connectivity index (χ3n) is 4.51. The Hall–Kier alpha value is -2.27. The van der Waals surface area contributed by atoms with Crippen molar-refractivity contribution in [3.05, 3.63) is 52.2 Å². The highest BCUT2D eigenvalue weighted by Crippen LogP contribution is 2.27. The fraction of sp³-hybridized carbons (Fsp3) is 0.278. The highest BCUT2D eigenvalue weighted by Gasteiger charge is 2.26. The molecule has 0 spiro atoms. The summed E-state index contributed by atoms with van der Waals surface area (Å²) < 4.78 is 32.9. The molecule has 1 aliphatic rings. The summed E-state index contributed by atoms with van der Waals surface area (Å²) in [6.07, 6.45) is 1.92. The largest absolute Gasteiger partial charge is 0.334 e. The van der Waals surface area contributed by atoms with Gasteiger partial charge in [-0.25, -0.2) is 13.1 Å². The molecule has 152 valence electrons. The number of halogens is 1. The van der Waals surface area contributed by atoms with Gasteiger partial charge in [0.1, 0.15) is 4.21 Å². The zero-order chi connectivity index (χ0) is 20.4. The zero-order valence-corrected chi connectivity index (χ0v) is 17.6. The minimum Gasteiger partial charge on any atom is -0.334 e. The Morgan fingerprint density at radius 3 is 2.79 bits per heavy atom. The molecule has 8 nitrogen and oxygen atoms in total. The van der Waals surface area contributed by atoms with Gasteiger partial charge in [-0.2, -0.15) is 4.98 Å². The number of carbonyl (C=O) groups excluding carboxylic acids is 1. The van der Waals surface area contributed by atoms with Crippen molar-refractivity contribution in [2.75, 3.05) is 13.1 Å². The van der Waals surface area contributed by atoms with E-state index in [9.17, 15) is 13.2 Å². The van der Waals surface area contributed by atoms with Crippen LogP contribution in [0.1, 0.15) is 29.1 Å². The standard InChI is InChI=1S/C18H17ClN4O4S2/c19-14-6-2-1-5-12(14)10-20-29(25,26)15-9-13(11-28-15)16-21-17(27-22-16)18(24)23-7-3-4-8-23/h1-2,5-6,9,11,20H,3-4,7-8,10H2. The van der Waals surface area contributed by atoms with Gasteiger partial charge in [0.15, 0.2) is 0 Å². The molecule has 4 rings (SSSR count). The van der Waals surface area contributed by atoms with Crippen LogP contribution in [0.25, 0.3) is 11.4 Å². The van der Waals surface area contributed by atoms with E-state index in [0.717, 1.165) is 24.2 Å². The van der Waals surface area contributed by atoms with Gasteiger partial charge in [0.05, 0.1) is 0 Å². The number of hydrogen-bond acceptors (Lipinski definition) is 7. The molecule has 0 aliphatic carbocycles. The fourth-order valence-electron chi connectivity index (χ4n) is 2.94. The van der Waals surface area contributed by atoms with Crippen molar-refractivity contribution in [1.82, 2.24) is 19.8 Å². The van der Waals surface area contributed by atoms with E-state index in [1.54, 1.807) is 34.5 Å². The maximum absolute atomic E-state index is 12.6. The summed E-state index contributed by atoms with van der Waals surface area (Å²) in [6, 6.07) is 8.47. The van der Waals surface area contributed by atoms with Crippen LogP contribution in [0.3, 0.4) is 0 Å². The van der Waals surface area contributed by atoms with E-state index in [4.69, 9.17) is 16.1 Å². The van der Waals surface area contributed by atoms with Crippen LogP contribution in [0.15, 0.2) is 44.4 Å². The van der Waals surface area contributed by atoms with Gasteiger partial charge in [-0.15, -0.1) is 11.3 Å². The smallest absolute Gasteiger partial charge is 0.316 e. The maximum atomic E-state index is 12.6. The Labute approximate surface area is 176 Å². The highest BCUT2D eigenvalue weighted by atomic mass is 35.5. The predicted octanol–water partition coefficient (Wildman–Crippen LogP) is 3.17. The van der Waals surface area contributed by atoms with E-state index >= 15 is 0 Å². The van der Waals surface area contributed by atoms with Crippen molar-refractivity contribution < 1.29 is 17.7 Å². The van der Waals surface area contributed by atoms with Crippen LogP contribution in [0.5, 0.6) is 0 Å². The summed E-state index contributed by atoms with van der Waals surface area (Å²) in [7, 11) is -3.74. The van der Waals surface area contributed by atoms with E-state index in [1.807, 2.05) is 0 Å². The summed E-state index contributed by atoms with van der Waals surface area (Å²) in [5, 5.41) is 5.92. The van der Waals surface area contributed by atoms with Crippen molar-refractivity contribution in [2.45, 2.75) is 23.6 Å². The summed E-state index contributed by atoms with van der Waals surface area (Å²) in [5.41, 5.74) is 1.15. The van der Waals surface area contributed by atoms with E-state index in [-0.39, 0.29) is 28.4 Å². The molecule has 2 aromatic heterocycles. The molecule has 0 atom stereocenters. The molecule has 1 saturated heterocycles. The van der Waals surface area contributed by atoms with Gasteiger partial charge < -0.3 is 9.42 Å². The van der Waals surface area contributed by atoms with E-state index in [2.05, 4.69) is 14.9 Å². The lowest BCUT2D eigenvalue weighted by atomic mass is 10.2. The molecule has 11 heteroatoms. The minimum atomic E-state index is -3.74. The normalized spacial score (nSPS) is 14.4. The number of aromatic nitrogens is 2. The number of likely N-dealkylation sites (tertiary alicyclic amines) is 1. The molecule has 1 aromatic carbocycles. The van der Waals surface area contributed by atoms with Crippen LogP contribution in [-0.4, -0.2) is 42.5 Å². The Morgan fingerprint density at radius 1 is 1.28 bits per heavy atom. The molecule has 1 amide bonds. The lowest BCUT2D eigenvalue weighted by molar-refractivity contribution is 0.0743. The molecule has 3 heterocycles. The number of amides is 1. The lowest BCUT2D eigenvalue weighted by Gasteiger charge is -2.10. The Bertz CT molecular complexity index is 1140. The van der Waals surface area contributed by atoms with Gasteiger partial charge in [0.2, 0.25) is 15.8 Å². The van der Waals surface area contributed by atoms with Gasteiger partial charge in [0, 0.05) is 35.6 Å². The van der Waals surface area contributed by atoms with Gasteiger partial charge in [0.25, 0.3) is 0 Å². The quantitative estimate of drug-likeness (QED) is 0.615. The topological polar surface area (TPSA) is 105 Å². The number of sulfonamides is 1. The average molecular weight is 453 g/mol. The first-order chi connectivity index (χ1) is 13.9. The SMILES string of the molecule is O=C(c1nc(-c2csc(S(=O)(=O)NCc3ccccc3Cl)c2)no1)N1CCCC1. The van der Waals surface area contributed by atoms with Crippen LogP contribution in [0.4, 0.5) is 0 Å². The molecule has 0 bridgehead atoms. The average Bonchev–Trinajstić information content (AvgIpc) is 3.48. The van der Waals surface area contributed by atoms with Crippen LogP contribution in [0, 0.1) is 0 Å². The van der Waals surface area contributed by atoms with Gasteiger partial charge in [-0.3, -0.25) is 4.79 Å². The maximum Gasteiger partial charge on any atom is 0.316 e. The molecule has 1 aliphatic heterocycles. The summed E-state index contributed by atoms with van der Waals surface area (Å²) in [4.78, 5) is 18.1. The Balaban J connectivity index is 1.48. The molecule has 1 N–H and O–H groups in total. The highest BCUT2D eigenvalue weighted by molar-refractivity contribution is 7.91. The first-order valence-electron chi connectivity index (χ1n) is 8.89. The number of hydrogen-bond donors (Lipinski definition) is 1. The predicted molar refractivity (Wildman–Crippen MR) is 108 cm³/mol. The second-order valence-electron chi connectivity index (χ2n) is 6.49. The molecular formula is C18H17ClN4O4S2. The molecular weight excluding hydrogens is 436 g/mol. The van der Waals surface area contributed by atoms with Gasteiger partial charge >= 0.3 is 11.8 Å². The van der Waals surface area contributed by atoms with E-state index < -0.39 is 10.0 Å². The number of benzene rings is 1. The minimum absolute atomic E-state index is 0.0753. The van der Waals surface area contributed by atoms with E-state index in [0.29, 0.717) is 29.2 Å². The number of rotatable bonds is 6. The summed E-state index contributed by atoms with van der Waals surface area (Å²) in [6.45, 7) is 1.43. The van der Waals surface area contributed by atoms with Crippen LogP contribution < -0.4 is 4.72 Å². The summed E-state index contributed by atoms with van der Waals surface area (Å²) in [5.74, 6) is -0.212. The van der Waals surface area contributed by atoms with Crippen LogP contribution >= 0.6 is 22.9 Å². The van der Waals surface area contributed by atoms with Gasteiger partial charge in [-0.05, 0) is 30.5 Å². The van der Waals surface area contributed by atoms with Crippen LogP contribution in [-0.2, 0) is 16.6 Å². The zero-order valence-electron chi connectivity index (χ0n) is 15.2. The third-order valence-corrected chi connectivity index (χ3v) is 7.72. The molecule has 0 unspecified atom stereocenters. The number of carbonyl (C=O) groups is 1.